The summed E-state index contributed by atoms with van der Waals surface area (Å²) in [7, 11) is 0. The van der Waals surface area contributed by atoms with Crippen molar-refractivity contribution >= 4 is 5.82 Å². The van der Waals surface area contributed by atoms with Gasteiger partial charge in [0, 0.05) is 16.0 Å². The highest BCUT2D eigenvalue weighted by molar-refractivity contribution is 5.72. The number of nitrogens with zero attached hydrogens (tertiary/aromatic N) is 5. The van der Waals surface area contributed by atoms with Gasteiger partial charge in [0.15, 0.2) is 5.82 Å². The largest absolute Gasteiger partial charge is 0.252 e. The van der Waals surface area contributed by atoms with E-state index in [1.54, 1.807) is 6.20 Å². The van der Waals surface area contributed by atoms with Crippen LogP contribution in [0.25, 0.3) is 33.0 Å². The molecule has 0 saturated carbocycles. The third-order valence-electron chi connectivity index (χ3n) is 3.01. The Morgan fingerprint density at radius 3 is 2.10 bits per heavy atom. The molecule has 1 aromatic heterocycles. The summed E-state index contributed by atoms with van der Waals surface area (Å²) in [5, 5.41) is 3.68. The van der Waals surface area contributed by atoms with Crippen LogP contribution in [0.15, 0.2) is 72.0 Å². The summed E-state index contributed by atoms with van der Waals surface area (Å²) in [6, 6.07) is 19.2. The first kappa shape index (κ1) is 12.8. The Morgan fingerprint density at radius 2 is 1.48 bits per heavy atom. The Balaban J connectivity index is 2.14. The van der Waals surface area contributed by atoms with Crippen LogP contribution in [-0.4, -0.2) is 9.97 Å². The molecule has 0 aliphatic carbocycles. The molecule has 0 N–H and O–H groups in total. The molecule has 5 nitrogen and oxygen atoms in total. The van der Waals surface area contributed by atoms with E-state index in [1.165, 1.54) is 0 Å². The Kier molecular flexibility index (Phi) is 3.58. The zero-order chi connectivity index (χ0) is 14.5. The number of hydrogen-bond acceptors (Lipinski definition) is 3. The molecule has 0 aliphatic rings. The van der Waals surface area contributed by atoms with E-state index < -0.39 is 0 Å². The topological polar surface area (TPSA) is 74.5 Å². The van der Waals surface area contributed by atoms with Gasteiger partial charge in [-0.25, -0.2) is 4.98 Å². The van der Waals surface area contributed by atoms with E-state index in [0.717, 1.165) is 11.1 Å². The maximum Gasteiger partial charge on any atom is 0.153 e. The summed E-state index contributed by atoms with van der Waals surface area (Å²) in [6.45, 7) is 0. The highest BCUT2D eigenvalue weighted by atomic mass is 15.2. The van der Waals surface area contributed by atoms with Gasteiger partial charge >= 0.3 is 0 Å². The lowest BCUT2D eigenvalue weighted by atomic mass is 10.1. The van der Waals surface area contributed by atoms with Crippen molar-refractivity contribution in [2.75, 3.05) is 0 Å². The van der Waals surface area contributed by atoms with Gasteiger partial charge in [0.1, 0.15) is 0 Å². The second-order valence-electron chi connectivity index (χ2n) is 4.35. The van der Waals surface area contributed by atoms with E-state index >= 15 is 0 Å². The van der Waals surface area contributed by atoms with Crippen LogP contribution in [0.2, 0.25) is 0 Å². The lowest BCUT2D eigenvalue weighted by Gasteiger charge is -2.06. The van der Waals surface area contributed by atoms with Crippen LogP contribution in [0.4, 0.5) is 5.82 Å². The van der Waals surface area contributed by atoms with Crippen LogP contribution in [0, 0.1) is 0 Å². The molecule has 0 saturated heterocycles. The van der Waals surface area contributed by atoms with Crippen LogP contribution in [0.3, 0.4) is 0 Å². The van der Waals surface area contributed by atoms with Gasteiger partial charge in [-0.1, -0.05) is 60.7 Å². The minimum absolute atomic E-state index is 0.282. The van der Waals surface area contributed by atoms with Gasteiger partial charge in [0.2, 0.25) is 0 Å². The highest BCUT2D eigenvalue weighted by Gasteiger charge is 2.09. The molecular weight excluding hydrogens is 262 g/mol. The van der Waals surface area contributed by atoms with Crippen LogP contribution in [-0.2, 0) is 0 Å². The molecule has 1 heterocycles. The first-order valence-electron chi connectivity index (χ1n) is 6.41. The Labute approximate surface area is 121 Å². The predicted octanol–water partition coefficient (Wildman–Crippen LogP) is 4.75. The molecule has 0 spiro atoms. The highest BCUT2D eigenvalue weighted by Crippen LogP contribution is 2.29. The summed E-state index contributed by atoms with van der Waals surface area (Å²) in [4.78, 5) is 11.7. The number of rotatable bonds is 3. The van der Waals surface area contributed by atoms with Gasteiger partial charge in [-0.2, -0.15) is 0 Å². The number of hydrogen-bond donors (Lipinski definition) is 0. The van der Waals surface area contributed by atoms with Crippen molar-refractivity contribution in [1.82, 2.24) is 9.97 Å². The second-order valence-corrected chi connectivity index (χ2v) is 4.35. The lowest BCUT2D eigenvalue weighted by molar-refractivity contribution is 1.18. The number of azide groups is 1. The van der Waals surface area contributed by atoms with Crippen molar-refractivity contribution < 1.29 is 0 Å². The monoisotopic (exact) mass is 273 g/mol. The molecule has 5 heteroatoms. The summed E-state index contributed by atoms with van der Waals surface area (Å²) in [5.41, 5.74) is 11.8. The average Bonchev–Trinajstić information content (AvgIpc) is 2.57. The lowest BCUT2D eigenvalue weighted by Crippen LogP contribution is -1.91. The van der Waals surface area contributed by atoms with Crippen molar-refractivity contribution in [3.05, 3.63) is 77.3 Å². The molecule has 21 heavy (non-hydrogen) atoms. The van der Waals surface area contributed by atoms with Crippen molar-refractivity contribution in [3.8, 4) is 22.5 Å². The Morgan fingerprint density at radius 1 is 0.857 bits per heavy atom. The first-order valence-corrected chi connectivity index (χ1v) is 6.41. The normalized spacial score (nSPS) is 9.90. The van der Waals surface area contributed by atoms with Gasteiger partial charge in [-0.15, -0.1) is 0 Å². The number of aromatic nitrogens is 2. The van der Waals surface area contributed by atoms with Crippen LogP contribution in [0.1, 0.15) is 0 Å². The maximum absolute atomic E-state index is 8.74. The van der Waals surface area contributed by atoms with Crippen molar-refractivity contribution in [2.24, 2.45) is 5.11 Å². The molecule has 3 rings (SSSR count). The molecular formula is C16H11N5. The second kappa shape index (κ2) is 5.86. The van der Waals surface area contributed by atoms with Gasteiger partial charge < -0.3 is 0 Å². The van der Waals surface area contributed by atoms with E-state index in [1.807, 2.05) is 60.7 Å². The van der Waals surface area contributed by atoms with Gasteiger partial charge in [0.25, 0.3) is 0 Å². The van der Waals surface area contributed by atoms with Crippen molar-refractivity contribution in [1.29, 1.82) is 0 Å². The fourth-order valence-corrected chi connectivity index (χ4v) is 2.04. The molecule has 100 valence electrons. The molecule has 0 amide bonds. The van der Waals surface area contributed by atoms with Crippen molar-refractivity contribution in [3.63, 3.8) is 0 Å². The standard InChI is InChI=1S/C16H11N5/c17-21-20-16-15(13-9-5-2-6-10-13)18-11-14(19-16)12-7-3-1-4-8-12/h1-11H. The molecule has 0 radical (unpaired) electrons. The van der Waals surface area contributed by atoms with Crippen LogP contribution in [0.5, 0.6) is 0 Å². The fourth-order valence-electron chi connectivity index (χ4n) is 2.04. The molecule has 3 aromatic rings. The molecule has 0 fully saturated rings. The molecule has 0 aliphatic heterocycles. The maximum atomic E-state index is 8.74. The van der Waals surface area contributed by atoms with E-state index in [9.17, 15) is 0 Å². The summed E-state index contributed by atoms with van der Waals surface area (Å²) >= 11 is 0. The van der Waals surface area contributed by atoms with E-state index in [2.05, 4.69) is 20.0 Å². The minimum Gasteiger partial charge on any atom is -0.252 e. The smallest absolute Gasteiger partial charge is 0.153 e. The Bertz CT molecular complexity index is 793. The van der Waals surface area contributed by atoms with E-state index in [0.29, 0.717) is 11.4 Å². The molecule has 0 unspecified atom stereocenters. The van der Waals surface area contributed by atoms with Gasteiger partial charge in [-0.05, 0) is 10.6 Å². The third-order valence-corrected chi connectivity index (χ3v) is 3.01. The van der Waals surface area contributed by atoms with E-state index in [-0.39, 0.29) is 5.82 Å². The van der Waals surface area contributed by atoms with E-state index in [4.69, 9.17) is 5.53 Å². The molecule has 2 aromatic carbocycles. The quantitative estimate of drug-likeness (QED) is 0.392. The summed E-state index contributed by atoms with van der Waals surface area (Å²) < 4.78 is 0. The Hall–Kier alpha value is -3.17. The van der Waals surface area contributed by atoms with Crippen LogP contribution >= 0.6 is 0 Å². The third kappa shape index (κ3) is 2.73. The fraction of sp³-hybridized carbons (Fsp3) is 0. The average molecular weight is 273 g/mol. The molecule has 0 bridgehead atoms. The number of benzene rings is 2. The zero-order valence-corrected chi connectivity index (χ0v) is 11.1. The SMILES string of the molecule is [N-]=[N+]=Nc1nc(-c2ccccc2)cnc1-c1ccccc1. The van der Waals surface area contributed by atoms with Crippen LogP contribution < -0.4 is 0 Å². The summed E-state index contributed by atoms with van der Waals surface area (Å²) in [6.07, 6.45) is 1.69. The summed E-state index contributed by atoms with van der Waals surface area (Å²) in [5.74, 6) is 0.282. The minimum atomic E-state index is 0.282. The predicted molar refractivity (Wildman–Crippen MR) is 81.7 cm³/mol. The first-order chi connectivity index (χ1) is 10.4. The zero-order valence-electron chi connectivity index (χ0n) is 11.1. The van der Waals surface area contributed by atoms with Crippen molar-refractivity contribution in [2.45, 2.75) is 0 Å². The molecule has 0 atom stereocenters. The van der Waals surface area contributed by atoms with Gasteiger partial charge in [0.05, 0.1) is 17.6 Å². The van der Waals surface area contributed by atoms with Gasteiger partial charge in [-0.3, -0.25) is 4.98 Å².